The molecule has 1 amide bonds. The van der Waals surface area contributed by atoms with E-state index < -0.39 is 0 Å². The minimum atomic E-state index is -0.303. The quantitative estimate of drug-likeness (QED) is 0.530. The lowest BCUT2D eigenvalue weighted by Crippen LogP contribution is -2.33. The van der Waals surface area contributed by atoms with E-state index in [1.165, 1.54) is 6.26 Å². The monoisotopic (exact) mass is 402 g/mol. The van der Waals surface area contributed by atoms with Gasteiger partial charge in [-0.1, -0.05) is 12.1 Å². The molecule has 0 atom stereocenters. The number of H-pyrrole nitrogens is 1. The largest absolute Gasteiger partial charge is 0.497 e. The third-order valence-corrected chi connectivity index (χ3v) is 5.30. The van der Waals surface area contributed by atoms with E-state index in [-0.39, 0.29) is 23.8 Å². The molecule has 6 nitrogen and oxygen atoms in total. The highest BCUT2D eigenvalue weighted by atomic mass is 16.5. The number of pyridine rings is 1. The van der Waals surface area contributed by atoms with Crippen LogP contribution in [0.1, 0.15) is 27.2 Å². The molecular formula is C24H22N2O4. The van der Waals surface area contributed by atoms with Gasteiger partial charge in [-0.15, -0.1) is 0 Å². The number of ether oxygens (including phenoxy) is 1. The third kappa shape index (κ3) is 3.59. The van der Waals surface area contributed by atoms with E-state index in [1.54, 1.807) is 36.3 Å². The van der Waals surface area contributed by atoms with Crippen molar-refractivity contribution in [2.45, 2.75) is 20.4 Å². The number of aromatic nitrogens is 1. The second-order valence-corrected chi connectivity index (χ2v) is 7.16. The second-order valence-electron chi connectivity index (χ2n) is 7.16. The Morgan fingerprint density at radius 2 is 1.93 bits per heavy atom. The molecule has 0 saturated carbocycles. The highest BCUT2D eigenvalue weighted by Gasteiger charge is 2.23. The Morgan fingerprint density at radius 1 is 1.10 bits per heavy atom. The maximum absolute atomic E-state index is 13.2. The molecule has 6 heteroatoms. The van der Waals surface area contributed by atoms with Gasteiger partial charge in [0, 0.05) is 17.3 Å². The van der Waals surface area contributed by atoms with Crippen LogP contribution in [0.15, 0.2) is 70.1 Å². The minimum Gasteiger partial charge on any atom is -0.497 e. The average molecular weight is 402 g/mol. The molecule has 2 aromatic heterocycles. The molecule has 0 aliphatic heterocycles. The van der Waals surface area contributed by atoms with Gasteiger partial charge in [-0.2, -0.15) is 0 Å². The molecule has 0 bridgehead atoms. The first-order valence-electron chi connectivity index (χ1n) is 9.59. The fourth-order valence-electron chi connectivity index (χ4n) is 3.47. The zero-order chi connectivity index (χ0) is 21.3. The smallest absolute Gasteiger partial charge is 0.294 e. The Balaban J connectivity index is 1.80. The van der Waals surface area contributed by atoms with Crippen LogP contribution in [0.3, 0.4) is 0 Å². The molecule has 0 aliphatic carbocycles. The number of furan rings is 1. The van der Waals surface area contributed by atoms with Gasteiger partial charge in [-0.3, -0.25) is 9.59 Å². The number of aryl methyl sites for hydroxylation is 1. The van der Waals surface area contributed by atoms with E-state index in [2.05, 4.69) is 4.98 Å². The van der Waals surface area contributed by atoms with Crippen LogP contribution in [-0.4, -0.2) is 18.0 Å². The van der Waals surface area contributed by atoms with E-state index >= 15 is 0 Å². The second kappa shape index (κ2) is 7.91. The lowest BCUT2D eigenvalue weighted by molar-refractivity contribution is 0.0958. The summed E-state index contributed by atoms with van der Waals surface area (Å²) in [5, 5.41) is 0.858. The first-order valence-corrected chi connectivity index (χ1v) is 9.59. The number of amides is 1. The number of benzene rings is 2. The molecule has 4 rings (SSSR count). The SMILES string of the molecule is COc1ccc2cc(CN(C(=O)c3ccco3)c3cccc(C)c3C)c(=O)[nH]c2c1. The Kier molecular flexibility index (Phi) is 5.14. The summed E-state index contributed by atoms with van der Waals surface area (Å²) in [6.45, 7) is 4.07. The van der Waals surface area contributed by atoms with Gasteiger partial charge in [0.15, 0.2) is 5.76 Å². The molecule has 152 valence electrons. The Bertz CT molecular complexity index is 1270. The summed E-state index contributed by atoms with van der Waals surface area (Å²) in [7, 11) is 1.58. The number of nitrogens with zero attached hydrogens (tertiary/aromatic N) is 1. The van der Waals surface area contributed by atoms with E-state index in [0.29, 0.717) is 16.8 Å². The number of hydrogen-bond acceptors (Lipinski definition) is 4. The van der Waals surface area contributed by atoms with Crippen molar-refractivity contribution >= 4 is 22.5 Å². The van der Waals surface area contributed by atoms with Crippen LogP contribution in [0.5, 0.6) is 5.75 Å². The van der Waals surface area contributed by atoms with E-state index in [9.17, 15) is 9.59 Å². The zero-order valence-corrected chi connectivity index (χ0v) is 17.1. The number of fused-ring (bicyclic) bond motifs is 1. The molecule has 0 unspecified atom stereocenters. The van der Waals surface area contributed by atoms with Crippen LogP contribution in [0, 0.1) is 13.8 Å². The first-order chi connectivity index (χ1) is 14.5. The van der Waals surface area contributed by atoms with Crippen molar-refractivity contribution in [3.63, 3.8) is 0 Å². The fourth-order valence-corrected chi connectivity index (χ4v) is 3.47. The third-order valence-electron chi connectivity index (χ3n) is 5.30. The normalized spacial score (nSPS) is 10.9. The van der Waals surface area contributed by atoms with Gasteiger partial charge in [-0.25, -0.2) is 0 Å². The molecule has 0 radical (unpaired) electrons. The van der Waals surface area contributed by atoms with Crippen LogP contribution in [-0.2, 0) is 6.54 Å². The maximum atomic E-state index is 13.2. The summed E-state index contributed by atoms with van der Waals surface area (Å²) in [4.78, 5) is 30.5. The Hall–Kier alpha value is -3.80. The van der Waals surface area contributed by atoms with Crippen molar-refractivity contribution in [2.24, 2.45) is 0 Å². The van der Waals surface area contributed by atoms with Crippen molar-refractivity contribution in [1.29, 1.82) is 0 Å². The maximum Gasteiger partial charge on any atom is 0.294 e. The first kappa shape index (κ1) is 19.5. The number of carbonyl (C=O) groups excluding carboxylic acids is 1. The molecule has 0 fully saturated rings. The van der Waals surface area contributed by atoms with Crippen molar-refractivity contribution < 1.29 is 13.9 Å². The molecule has 2 heterocycles. The van der Waals surface area contributed by atoms with Gasteiger partial charge >= 0.3 is 0 Å². The number of anilines is 1. The highest BCUT2D eigenvalue weighted by Crippen LogP contribution is 2.27. The van der Waals surface area contributed by atoms with Crippen molar-refractivity contribution in [2.75, 3.05) is 12.0 Å². The molecule has 0 aliphatic rings. The predicted molar refractivity (Wildman–Crippen MR) is 116 cm³/mol. The summed E-state index contributed by atoms with van der Waals surface area (Å²) < 4.78 is 10.6. The highest BCUT2D eigenvalue weighted by molar-refractivity contribution is 6.04. The minimum absolute atomic E-state index is 0.112. The van der Waals surface area contributed by atoms with Crippen LogP contribution in [0.4, 0.5) is 5.69 Å². The standard InChI is InChI=1S/C24H22N2O4/c1-15-6-4-7-21(16(15)2)26(24(28)22-8-5-11-30-22)14-18-12-17-9-10-19(29-3)13-20(17)25-23(18)27/h4-13H,14H2,1-3H3,(H,25,27). The van der Waals surface area contributed by atoms with Gasteiger partial charge in [0.05, 0.1) is 25.4 Å². The van der Waals surface area contributed by atoms with Crippen LogP contribution in [0.25, 0.3) is 10.9 Å². The molecule has 4 aromatic rings. The Labute approximate surface area is 173 Å². The lowest BCUT2D eigenvalue weighted by Gasteiger charge is -2.24. The van der Waals surface area contributed by atoms with Gasteiger partial charge in [0.1, 0.15) is 5.75 Å². The zero-order valence-electron chi connectivity index (χ0n) is 17.1. The Morgan fingerprint density at radius 3 is 2.67 bits per heavy atom. The molecular weight excluding hydrogens is 380 g/mol. The summed E-state index contributed by atoms with van der Waals surface area (Å²) in [6, 6.07) is 16.4. The van der Waals surface area contributed by atoms with E-state index in [4.69, 9.17) is 9.15 Å². The molecule has 0 saturated heterocycles. The molecule has 0 spiro atoms. The summed E-state index contributed by atoms with van der Waals surface area (Å²) in [5.74, 6) is 0.580. The summed E-state index contributed by atoms with van der Waals surface area (Å²) >= 11 is 0. The number of methoxy groups -OCH3 is 1. The van der Waals surface area contributed by atoms with Crippen molar-refractivity contribution in [1.82, 2.24) is 4.98 Å². The van der Waals surface area contributed by atoms with E-state index in [0.717, 1.165) is 22.2 Å². The van der Waals surface area contributed by atoms with Gasteiger partial charge in [0.25, 0.3) is 11.5 Å². The predicted octanol–water partition coefficient (Wildman–Crippen LogP) is 4.59. The number of carbonyl (C=O) groups is 1. The number of rotatable bonds is 5. The van der Waals surface area contributed by atoms with Crippen molar-refractivity contribution in [3.8, 4) is 5.75 Å². The number of hydrogen-bond donors (Lipinski definition) is 1. The number of aromatic amines is 1. The number of nitrogens with one attached hydrogen (secondary N) is 1. The average Bonchev–Trinajstić information content (AvgIpc) is 3.28. The lowest BCUT2D eigenvalue weighted by atomic mass is 10.1. The van der Waals surface area contributed by atoms with Crippen molar-refractivity contribution in [3.05, 3.63) is 93.7 Å². The molecule has 2 aromatic carbocycles. The topological polar surface area (TPSA) is 75.5 Å². The van der Waals surface area contributed by atoms with Gasteiger partial charge in [-0.05, 0) is 66.8 Å². The van der Waals surface area contributed by atoms with E-state index in [1.807, 2.05) is 44.2 Å². The van der Waals surface area contributed by atoms with Crippen LogP contribution < -0.4 is 15.2 Å². The van der Waals surface area contributed by atoms with Crippen LogP contribution >= 0.6 is 0 Å². The van der Waals surface area contributed by atoms with Crippen LogP contribution in [0.2, 0.25) is 0 Å². The summed E-state index contributed by atoms with van der Waals surface area (Å²) in [5.41, 5.74) is 3.68. The fraction of sp³-hybridized carbons (Fsp3) is 0.167. The molecule has 30 heavy (non-hydrogen) atoms. The molecule has 1 N–H and O–H groups in total. The van der Waals surface area contributed by atoms with Gasteiger partial charge < -0.3 is 19.0 Å². The summed E-state index contributed by atoms with van der Waals surface area (Å²) in [6.07, 6.45) is 1.46. The van der Waals surface area contributed by atoms with Gasteiger partial charge in [0.2, 0.25) is 0 Å².